The molecule has 0 aromatic carbocycles. The maximum atomic E-state index is 12.3. The van der Waals surface area contributed by atoms with Gasteiger partial charge in [0.15, 0.2) is 0 Å². The van der Waals surface area contributed by atoms with Crippen LogP contribution in [0.2, 0.25) is 0 Å². The number of hydrogen-bond donors (Lipinski definition) is 1. The maximum Gasteiger partial charge on any atom is 0.328 e. The van der Waals surface area contributed by atoms with Gasteiger partial charge in [0.05, 0.1) is 0 Å². The number of carboxylic acid groups (broad SMARTS) is 1. The minimum absolute atomic E-state index is 0.130. The van der Waals surface area contributed by atoms with Gasteiger partial charge in [-0.1, -0.05) is 13.0 Å². The molecule has 0 spiro atoms. The number of carbonyl (C=O) groups is 2. The first-order valence-corrected chi connectivity index (χ1v) is 6.23. The Morgan fingerprint density at radius 1 is 1.53 bits per heavy atom. The molecule has 5 heteroatoms. The molecule has 0 radical (unpaired) electrons. The van der Waals surface area contributed by atoms with Crippen molar-refractivity contribution in [1.29, 1.82) is 0 Å². The van der Waals surface area contributed by atoms with Gasteiger partial charge in [0.2, 0.25) is 0 Å². The highest BCUT2D eigenvalue weighted by Gasteiger charge is 2.25. The highest BCUT2D eigenvalue weighted by molar-refractivity contribution is 5.97. The molecular weight excluding hydrogens is 244 g/mol. The molecule has 1 aromatic heterocycles. The normalized spacial score (nSPS) is 19.0. The van der Waals surface area contributed by atoms with Gasteiger partial charge in [0.25, 0.3) is 5.91 Å². The number of nitrogens with zero attached hydrogens (tertiary/aromatic N) is 2. The lowest BCUT2D eigenvalue weighted by atomic mass is 10.1. The van der Waals surface area contributed by atoms with Crippen LogP contribution in [0.5, 0.6) is 0 Å². The smallest absolute Gasteiger partial charge is 0.328 e. The summed E-state index contributed by atoms with van der Waals surface area (Å²) in [4.78, 5) is 28.8. The zero-order valence-corrected chi connectivity index (χ0v) is 10.7. The minimum Gasteiger partial charge on any atom is -0.478 e. The summed E-state index contributed by atoms with van der Waals surface area (Å²) in [6.45, 7) is 3.58. The molecular formula is C14H16N2O3. The summed E-state index contributed by atoms with van der Waals surface area (Å²) in [6, 6.07) is 3.38. The van der Waals surface area contributed by atoms with Crippen molar-refractivity contribution in [2.24, 2.45) is 5.92 Å². The Morgan fingerprint density at radius 3 is 2.95 bits per heavy atom. The van der Waals surface area contributed by atoms with Gasteiger partial charge < -0.3 is 10.0 Å². The van der Waals surface area contributed by atoms with Gasteiger partial charge in [-0.05, 0) is 24.5 Å². The van der Waals surface area contributed by atoms with Gasteiger partial charge >= 0.3 is 5.97 Å². The number of pyridine rings is 1. The van der Waals surface area contributed by atoms with Gasteiger partial charge in [-0.25, -0.2) is 4.79 Å². The van der Waals surface area contributed by atoms with Gasteiger partial charge in [-0.2, -0.15) is 0 Å². The molecule has 0 aliphatic carbocycles. The number of carboxylic acids is 1. The first-order valence-electron chi connectivity index (χ1n) is 6.23. The number of hydrogen-bond acceptors (Lipinski definition) is 3. The van der Waals surface area contributed by atoms with E-state index in [1.54, 1.807) is 23.2 Å². The van der Waals surface area contributed by atoms with E-state index in [4.69, 9.17) is 5.11 Å². The van der Waals surface area contributed by atoms with E-state index in [0.29, 0.717) is 17.2 Å². The van der Waals surface area contributed by atoms with Crippen LogP contribution in [0.25, 0.3) is 6.08 Å². The Bertz CT molecular complexity index is 525. The number of aliphatic carboxylic acids is 1. The lowest BCUT2D eigenvalue weighted by Gasteiger charge is -2.16. The predicted molar refractivity (Wildman–Crippen MR) is 70.6 cm³/mol. The predicted octanol–water partition coefficient (Wildman–Crippen LogP) is 1.66. The summed E-state index contributed by atoms with van der Waals surface area (Å²) < 4.78 is 0. The van der Waals surface area contributed by atoms with Gasteiger partial charge in [-0.3, -0.25) is 9.78 Å². The third kappa shape index (κ3) is 3.19. The lowest BCUT2D eigenvalue weighted by molar-refractivity contribution is -0.131. The standard InChI is InChI=1S/C14H16N2O3/c1-10-6-8-16(9-10)14(19)13-11(3-2-7-15-13)4-5-12(17)18/h2-5,7,10H,6,8-9H2,1H3,(H,17,18)/b5-4+. The molecule has 0 saturated carbocycles. The summed E-state index contributed by atoms with van der Waals surface area (Å²) in [5.74, 6) is -0.669. The van der Waals surface area contributed by atoms with Crippen LogP contribution in [-0.2, 0) is 4.79 Å². The third-order valence-corrected chi connectivity index (χ3v) is 3.16. The van der Waals surface area contributed by atoms with Gasteiger partial charge in [0.1, 0.15) is 5.69 Å². The highest BCUT2D eigenvalue weighted by atomic mass is 16.4. The van der Waals surface area contributed by atoms with Crippen LogP contribution >= 0.6 is 0 Å². The van der Waals surface area contributed by atoms with Crippen molar-refractivity contribution in [3.8, 4) is 0 Å². The summed E-state index contributed by atoms with van der Waals surface area (Å²) in [5, 5.41) is 8.65. The number of aromatic nitrogens is 1. The van der Waals surface area contributed by atoms with E-state index in [1.807, 2.05) is 0 Å². The Labute approximate surface area is 111 Å². The van der Waals surface area contributed by atoms with Crippen LogP contribution in [0.1, 0.15) is 29.4 Å². The summed E-state index contributed by atoms with van der Waals surface area (Å²) in [5.41, 5.74) is 0.851. The second-order valence-electron chi connectivity index (χ2n) is 4.76. The largest absolute Gasteiger partial charge is 0.478 e. The first kappa shape index (κ1) is 13.3. The fraction of sp³-hybridized carbons (Fsp3) is 0.357. The average molecular weight is 260 g/mol. The zero-order chi connectivity index (χ0) is 13.8. The van der Waals surface area contributed by atoms with E-state index in [-0.39, 0.29) is 5.91 Å². The summed E-state index contributed by atoms with van der Waals surface area (Å²) in [6.07, 6.45) is 4.96. The maximum absolute atomic E-state index is 12.3. The molecule has 2 rings (SSSR count). The van der Waals surface area contributed by atoms with Crippen molar-refractivity contribution in [2.45, 2.75) is 13.3 Å². The molecule has 0 bridgehead atoms. The number of carbonyl (C=O) groups excluding carboxylic acids is 1. The molecule has 1 amide bonds. The molecule has 1 aliphatic rings. The number of rotatable bonds is 3. The monoisotopic (exact) mass is 260 g/mol. The molecule has 100 valence electrons. The van der Waals surface area contributed by atoms with E-state index in [1.165, 1.54) is 6.08 Å². The Morgan fingerprint density at radius 2 is 2.32 bits per heavy atom. The van der Waals surface area contributed by atoms with Gasteiger partial charge in [0, 0.05) is 30.9 Å². The van der Waals surface area contributed by atoms with Crippen LogP contribution in [0.3, 0.4) is 0 Å². The minimum atomic E-state index is -1.04. The van der Waals surface area contributed by atoms with Crippen LogP contribution in [-0.4, -0.2) is 40.0 Å². The van der Waals surface area contributed by atoms with Crippen LogP contribution in [0, 0.1) is 5.92 Å². The second-order valence-corrected chi connectivity index (χ2v) is 4.76. The Hall–Kier alpha value is -2.17. The Balaban J connectivity index is 2.24. The topological polar surface area (TPSA) is 70.5 Å². The number of amides is 1. The van der Waals surface area contributed by atoms with Crippen molar-refractivity contribution in [3.63, 3.8) is 0 Å². The van der Waals surface area contributed by atoms with Crippen LogP contribution in [0.15, 0.2) is 24.4 Å². The Kier molecular flexibility index (Phi) is 3.94. The highest BCUT2D eigenvalue weighted by Crippen LogP contribution is 2.19. The van der Waals surface area contributed by atoms with E-state index in [0.717, 1.165) is 25.6 Å². The molecule has 1 atom stereocenters. The summed E-state index contributed by atoms with van der Waals surface area (Å²) >= 11 is 0. The van der Waals surface area contributed by atoms with E-state index < -0.39 is 5.97 Å². The molecule has 1 aliphatic heterocycles. The molecule has 1 N–H and O–H groups in total. The average Bonchev–Trinajstić information content (AvgIpc) is 2.82. The molecule has 1 saturated heterocycles. The number of likely N-dealkylation sites (tertiary alicyclic amines) is 1. The van der Waals surface area contributed by atoms with E-state index in [9.17, 15) is 9.59 Å². The quantitative estimate of drug-likeness (QED) is 0.839. The van der Waals surface area contributed by atoms with Gasteiger partial charge in [-0.15, -0.1) is 0 Å². The summed E-state index contributed by atoms with van der Waals surface area (Å²) in [7, 11) is 0. The van der Waals surface area contributed by atoms with Crippen LogP contribution in [0.4, 0.5) is 0 Å². The van der Waals surface area contributed by atoms with Crippen molar-refractivity contribution in [1.82, 2.24) is 9.88 Å². The SMILES string of the molecule is CC1CCN(C(=O)c2ncccc2/C=C/C(=O)O)C1. The van der Waals surface area contributed by atoms with E-state index >= 15 is 0 Å². The fourth-order valence-electron chi connectivity index (χ4n) is 2.16. The van der Waals surface area contributed by atoms with Crippen molar-refractivity contribution in [2.75, 3.05) is 13.1 Å². The molecule has 19 heavy (non-hydrogen) atoms. The zero-order valence-electron chi connectivity index (χ0n) is 10.7. The molecule has 2 heterocycles. The second kappa shape index (κ2) is 5.65. The molecule has 1 aromatic rings. The lowest BCUT2D eigenvalue weighted by Crippen LogP contribution is -2.29. The first-order chi connectivity index (χ1) is 9.08. The fourth-order valence-corrected chi connectivity index (χ4v) is 2.16. The molecule has 1 unspecified atom stereocenters. The van der Waals surface area contributed by atoms with E-state index in [2.05, 4.69) is 11.9 Å². The van der Waals surface area contributed by atoms with Crippen molar-refractivity contribution >= 4 is 18.0 Å². The third-order valence-electron chi connectivity index (χ3n) is 3.16. The molecule has 5 nitrogen and oxygen atoms in total. The van der Waals surface area contributed by atoms with Crippen molar-refractivity contribution < 1.29 is 14.7 Å². The van der Waals surface area contributed by atoms with Crippen LogP contribution < -0.4 is 0 Å². The molecule has 1 fully saturated rings. The van der Waals surface area contributed by atoms with Crippen molar-refractivity contribution in [3.05, 3.63) is 35.7 Å².